The molecule has 0 unspecified atom stereocenters. The van der Waals surface area contributed by atoms with Crippen molar-refractivity contribution in [3.05, 3.63) is 45.6 Å². The topological polar surface area (TPSA) is 47.6 Å². The molecule has 0 bridgehead atoms. The van der Waals surface area contributed by atoms with Crippen LogP contribution < -0.4 is 14.8 Å². The SMILES string of the molecule is COc1ccc(OC)c([C@H](C)NC(=O)c2csc(C)c2)c1. The Labute approximate surface area is 128 Å². The minimum absolute atomic E-state index is 0.0864. The van der Waals surface area contributed by atoms with E-state index in [4.69, 9.17) is 9.47 Å². The van der Waals surface area contributed by atoms with Crippen LogP contribution in [0.5, 0.6) is 11.5 Å². The lowest BCUT2D eigenvalue weighted by molar-refractivity contribution is 0.0940. The molecule has 4 nitrogen and oxygen atoms in total. The Morgan fingerprint density at radius 2 is 2.00 bits per heavy atom. The number of nitrogens with one attached hydrogen (secondary N) is 1. The summed E-state index contributed by atoms with van der Waals surface area (Å²) >= 11 is 1.56. The first-order valence-electron chi connectivity index (χ1n) is 6.63. The zero-order valence-corrected chi connectivity index (χ0v) is 13.4. The fourth-order valence-electron chi connectivity index (χ4n) is 2.10. The van der Waals surface area contributed by atoms with E-state index in [-0.39, 0.29) is 11.9 Å². The van der Waals surface area contributed by atoms with Gasteiger partial charge in [-0.15, -0.1) is 11.3 Å². The lowest BCUT2D eigenvalue weighted by atomic mass is 10.1. The number of benzene rings is 1. The highest BCUT2D eigenvalue weighted by atomic mass is 32.1. The first kappa shape index (κ1) is 15.4. The second kappa shape index (κ2) is 6.63. The summed E-state index contributed by atoms with van der Waals surface area (Å²) in [6.45, 7) is 3.91. The van der Waals surface area contributed by atoms with Gasteiger partial charge in [-0.3, -0.25) is 4.79 Å². The molecule has 0 aliphatic carbocycles. The van der Waals surface area contributed by atoms with Crippen molar-refractivity contribution in [3.8, 4) is 11.5 Å². The highest BCUT2D eigenvalue weighted by Gasteiger charge is 2.16. The van der Waals surface area contributed by atoms with Crippen molar-refractivity contribution in [2.75, 3.05) is 14.2 Å². The molecule has 21 heavy (non-hydrogen) atoms. The summed E-state index contributed by atoms with van der Waals surface area (Å²) in [5, 5.41) is 4.85. The van der Waals surface area contributed by atoms with E-state index in [1.807, 2.05) is 43.5 Å². The number of methoxy groups -OCH3 is 2. The summed E-state index contributed by atoms with van der Waals surface area (Å²) in [5.74, 6) is 1.38. The second-order valence-corrected chi connectivity index (χ2v) is 5.86. The summed E-state index contributed by atoms with van der Waals surface area (Å²) < 4.78 is 10.6. The van der Waals surface area contributed by atoms with Crippen molar-refractivity contribution >= 4 is 17.2 Å². The van der Waals surface area contributed by atoms with E-state index in [9.17, 15) is 4.79 Å². The summed E-state index contributed by atoms with van der Waals surface area (Å²) in [6.07, 6.45) is 0. The molecule has 0 saturated heterocycles. The first-order chi connectivity index (χ1) is 10.0. The summed E-state index contributed by atoms with van der Waals surface area (Å²) in [7, 11) is 3.23. The summed E-state index contributed by atoms with van der Waals surface area (Å²) in [6, 6.07) is 7.26. The Hall–Kier alpha value is -2.01. The molecule has 0 aliphatic rings. The maximum absolute atomic E-state index is 12.2. The van der Waals surface area contributed by atoms with Gasteiger partial charge in [-0.25, -0.2) is 0 Å². The summed E-state index contributed by atoms with van der Waals surface area (Å²) in [4.78, 5) is 13.3. The van der Waals surface area contributed by atoms with Crippen LogP contribution in [0, 0.1) is 6.92 Å². The van der Waals surface area contributed by atoms with Crippen LogP contribution in [-0.4, -0.2) is 20.1 Å². The predicted octanol–water partition coefficient (Wildman–Crippen LogP) is 3.56. The van der Waals surface area contributed by atoms with Gasteiger partial charge < -0.3 is 14.8 Å². The number of thiophene rings is 1. The molecule has 0 saturated carbocycles. The number of hydrogen-bond donors (Lipinski definition) is 1. The monoisotopic (exact) mass is 305 g/mol. The van der Waals surface area contributed by atoms with E-state index in [0.717, 1.165) is 21.9 Å². The number of rotatable bonds is 5. The number of aryl methyl sites for hydroxylation is 1. The van der Waals surface area contributed by atoms with E-state index in [1.165, 1.54) is 0 Å². The van der Waals surface area contributed by atoms with Gasteiger partial charge in [0.15, 0.2) is 0 Å². The Kier molecular flexibility index (Phi) is 4.85. The second-order valence-electron chi connectivity index (χ2n) is 4.75. The summed E-state index contributed by atoms with van der Waals surface area (Å²) in [5.41, 5.74) is 1.57. The van der Waals surface area contributed by atoms with Crippen LogP contribution in [0.1, 0.15) is 33.8 Å². The molecule has 5 heteroatoms. The van der Waals surface area contributed by atoms with E-state index in [0.29, 0.717) is 5.56 Å². The molecule has 1 aromatic carbocycles. The lowest BCUT2D eigenvalue weighted by Crippen LogP contribution is -2.26. The smallest absolute Gasteiger partial charge is 0.252 e. The van der Waals surface area contributed by atoms with Crippen LogP contribution in [0.3, 0.4) is 0 Å². The third kappa shape index (κ3) is 3.55. The van der Waals surface area contributed by atoms with E-state index in [2.05, 4.69) is 5.32 Å². The van der Waals surface area contributed by atoms with Gasteiger partial charge in [-0.1, -0.05) is 0 Å². The van der Waals surface area contributed by atoms with E-state index in [1.54, 1.807) is 25.6 Å². The van der Waals surface area contributed by atoms with Crippen molar-refractivity contribution in [1.29, 1.82) is 0 Å². The van der Waals surface area contributed by atoms with Crippen molar-refractivity contribution in [2.45, 2.75) is 19.9 Å². The van der Waals surface area contributed by atoms with E-state index < -0.39 is 0 Å². The highest BCUT2D eigenvalue weighted by Crippen LogP contribution is 2.29. The van der Waals surface area contributed by atoms with Gasteiger partial charge in [0.25, 0.3) is 5.91 Å². The average Bonchev–Trinajstić information content (AvgIpc) is 2.93. The van der Waals surface area contributed by atoms with Crippen LogP contribution in [0.4, 0.5) is 0 Å². The number of carbonyl (C=O) groups is 1. The van der Waals surface area contributed by atoms with Crippen LogP contribution in [-0.2, 0) is 0 Å². The van der Waals surface area contributed by atoms with Gasteiger partial charge in [-0.2, -0.15) is 0 Å². The Balaban J connectivity index is 2.19. The maximum Gasteiger partial charge on any atom is 0.252 e. The highest BCUT2D eigenvalue weighted by molar-refractivity contribution is 7.10. The molecule has 2 rings (SSSR count). The van der Waals surface area contributed by atoms with Crippen LogP contribution >= 0.6 is 11.3 Å². The normalized spacial score (nSPS) is 11.8. The van der Waals surface area contributed by atoms with Gasteiger partial charge in [0.2, 0.25) is 0 Å². The molecule has 1 N–H and O–H groups in total. The quantitative estimate of drug-likeness (QED) is 0.918. The van der Waals surface area contributed by atoms with Crippen molar-refractivity contribution < 1.29 is 14.3 Å². The number of carbonyl (C=O) groups excluding carboxylic acids is 1. The van der Waals surface area contributed by atoms with Crippen molar-refractivity contribution in [1.82, 2.24) is 5.32 Å². The zero-order chi connectivity index (χ0) is 15.4. The molecule has 1 amide bonds. The Morgan fingerprint density at radius 3 is 2.57 bits per heavy atom. The fraction of sp³-hybridized carbons (Fsp3) is 0.312. The Morgan fingerprint density at radius 1 is 1.24 bits per heavy atom. The van der Waals surface area contributed by atoms with Gasteiger partial charge in [0, 0.05) is 15.8 Å². The van der Waals surface area contributed by atoms with Crippen molar-refractivity contribution in [2.24, 2.45) is 0 Å². The standard InChI is InChI=1S/C16H19NO3S/c1-10-7-12(9-21-10)16(18)17-11(2)14-8-13(19-3)5-6-15(14)20-4/h5-9,11H,1-4H3,(H,17,18)/t11-/m0/s1. The fourth-order valence-corrected chi connectivity index (χ4v) is 2.78. The molecule has 0 aliphatic heterocycles. The van der Waals surface area contributed by atoms with Crippen molar-refractivity contribution in [3.63, 3.8) is 0 Å². The average molecular weight is 305 g/mol. The van der Waals surface area contributed by atoms with Gasteiger partial charge in [0.1, 0.15) is 11.5 Å². The third-order valence-electron chi connectivity index (χ3n) is 3.24. The van der Waals surface area contributed by atoms with Crippen LogP contribution in [0.15, 0.2) is 29.6 Å². The number of amides is 1. The molecule has 0 spiro atoms. The molecule has 0 radical (unpaired) electrons. The molecule has 112 valence electrons. The first-order valence-corrected chi connectivity index (χ1v) is 7.51. The minimum Gasteiger partial charge on any atom is -0.497 e. The minimum atomic E-state index is -0.178. The number of ether oxygens (including phenoxy) is 2. The van der Waals surface area contributed by atoms with Crippen LogP contribution in [0.25, 0.3) is 0 Å². The third-order valence-corrected chi connectivity index (χ3v) is 4.11. The molecule has 1 atom stereocenters. The maximum atomic E-state index is 12.2. The van der Waals surface area contributed by atoms with Gasteiger partial charge in [0.05, 0.1) is 25.8 Å². The molecule has 2 aromatic rings. The lowest BCUT2D eigenvalue weighted by Gasteiger charge is -2.18. The van der Waals surface area contributed by atoms with Gasteiger partial charge in [-0.05, 0) is 38.1 Å². The van der Waals surface area contributed by atoms with Crippen LogP contribution in [0.2, 0.25) is 0 Å². The predicted molar refractivity (Wildman–Crippen MR) is 84.5 cm³/mol. The molecule has 1 aromatic heterocycles. The number of hydrogen-bond acceptors (Lipinski definition) is 4. The Bertz CT molecular complexity index is 636. The molecular formula is C16H19NO3S. The molecule has 0 fully saturated rings. The van der Waals surface area contributed by atoms with Gasteiger partial charge >= 0.3 is 0 Å². The largest absolute Gasteiger partial charge is 0.497 e. The molecular weight excluding hydrogens is 286 g/mol. The molecule has 1 heterocycles. The van der Waals surface area contributed by atoms with E-state index >= 15 is 0 Å². The zero-order valence-electron chi connectivity index (χ0n) is 12.6.